The third-order valence-corrected chi connectivity index (χ3v) is 3.66. The first-order valence-electron chi connectivity index (χ1n) is 6.88. The summed E-state index contributed by atoms with van der Waals surface area (Å²) in [6.45, 7) is 4.04. The summed E-state index contributed by atoms with van der Waals surface area (Å²) in [7, 11) is 2.04. The fourth-order valence-corrected chi connectivity index (χ4v) is 2.62. The van der Waals surface area contributed by atoms with Gasteiger partial charge in [-0.1, -0.05) is 6.07 Å². The van der Waals surface area contributed by atoms with Crippen molar-refractivity contribution >= 4 is 23.7 Å². The second-order valence-electron chi connectivity index (χ2n) is 5.80. The quantitative estimate of drug-likeness (QED) is 0.448. The van der Waals surface area contributed by atoms with Crippen LogP contribution in [0.4, 0.5) is 5.69 Å². The Morgan fingerprint density at radius 1 is 1.19 bits per heavy atom. The van der Waals surface area contributed by atoms with Crippen molar-refractivity contribution in [3.8, 4) is 0 Å². The zero-order chi connectivity index (χ0) is 15.2. The smallest absolute Gasteiger partial charge is 0.348 e. The van der Waals surface area contributed by atoms with Gasteiger partial charge in [0.25, 0.3) is 5.79 Å². The number of benzene rings is 1. The molecule has 2 aliphatic heterocycles. The predicted molar refractivity (Wildman–Crippen MR) is 77.7 cm³/mol. The molecule has 0 spiro atoms. The molecule has 0 aliphatic carbocycles. The molecular weight excluding hydrogens is 270 g/mol. The number of carbonyl (C=O) groups is 2. The summed E-state index contributed by atoms with van der Waals surface area (Å²) >= 11 is 0. The molecule has 3 rings (SSSR count). The molecule has 1 aromatic carbocycles. The van der Waals surface area contributed by atoms with Gasteiger partial charge in [-0.05, 0) is 35.8 Å². The molecule has 21 heavy (non-hydrogen) atoms. The number of rotatable bonds is 1. The number of carbonyl (C=O) groups excluding carboxylic acids is 2. The molecule has 5 heteroatoms. The molecule has 0 saturated carbocycles. The predicted octanol–water partition coefficient (Wildman–Crippen LogP) is 1.90. The molecule has 0 bridgehead atoms. The van der Waals surface area contributed by atoms with Crippen molar-refractivity contribution in [3.63, 3.8) is 0 Å². The number of nitrogens with zero attached hydrogens (tertiary/aromatic N) is 1. The molecule has 1 aromatic rings. The minimum atomic E-state index is -1.20. The van der Waals surface area contributed by atoms with E-state index < -0.39 is 17.7 Å². The SMILES string of the molecule is CN1CCc2cc(C=C3C(=O)OC(C)(C)OC3=O)ccc21. The number of cyclic esters (lactones) is 2. The Balaban J connectivity index is 1.92. The fraction of sp³-hybridized carbons (Fsp3) is 0.375. The summed E-state index contributed by atoms with van der Waals surface area (Å²) in [4.78, 5) is 26.0. The first-order chi connectivity index (χ1) is 9.85. The highest BCUT2D eigenvalue weighted by Gasteiger charge is 2.38. The number of anilines is 1. The van der Waals surface area contributed by atoms with Crippen LogP contribution in [0.5, 0.6) is 0 Å². The second kappa shape index (κ2) is 4.62. The lowest BCUT2D eigenvalue weighted by molar-refractivity contribution is -0.222. The molecule has 0 unspecified atom stereocenters. The van der Waals surface area contributed by atoms with Crippen LogP contribution in [0, 0.1) is 0 Å². The van der Waals surface area contributed by atoms with Gasteiger partial charge >= 0.3 is 11.9 Å². The van der Waals surface area contributed by atoms with Crippen molar-refractivity contribution in [3.05, 3.63) is 34.9 Å². The van der Waals surface area contributed by atoms with Crippen LogP contribution < -0.4 is 4.90 Å². The Morgan fingerprint density at radius 3 is 2.52 bits per heavy atom. The summed E-state index contributed by atoms with van der Waals surface area (Å²) in [5, 5.41) is 0. The number of hydrogen-bond donors (Lipinski definition) is 0. The number of hydrogen-bond acceptors (Lipinski definition) is 5. The van der Waals surface area contributed by atoms with Crippen LogP contribution in [0.3, 0.4) is 0 Å². The van der Waals surface area contributed by atoms with Crippen LogP contribution in [0.2, 0.25) is 0 Å². The highest BCUT2D eigenvalue weighted by molar-refractivity contribution is 6.18. The minimum Gasteiger partial charge on any atom is -0.419 e. The Kier molecular flexibility index (Phi) is 3.01. The topological polar surface area (TPSA) is 55.8 Å². The van der Waals surface area contributed by atoms with E-state index in [9.17, 15) is 9.59 Å². The zero-order valence-electron chi connectivity index (χ0n) is 12.3. The normalized spacial score (nSPS) is 20.0. The number of likely N-dealkylation sites (N-methyl/N-ethyl adjacent to an activating group) is 1. The number of esters is 2. The monoisotopic (exact) mass is 287 g/mol. The standard InChI is InChI=1S/C16H17NO4/c1-16(2)20-14(18)12(15(19)21-16)9-10-4-5-13-11(8-10)6-7-17(13)3/h4-5,8-9H,6-7H2,1-3H3. The third kappa shape index (κ3) is 2.51. The molecule has 0 N–H and O–H groups in total. The zero-order valence-corrected chi connectivity index (χ0v) is 12.3. The van der Waals surface area contributed by atoms with Crippen LogP contribution >= 0.6 is 0 Å². The fourth-order valence-electron chi connectivity index (χ4n) is 2.62. The van der Waals surface area contributed by atoms with E-state index in [4.69, 9.17) is 9.47 Å². The highest BCUT2D eigenvalue weighted by atomic mass is 16.7. The van der Waals surface area contributed by atoms with Crippen LogP contribution in [-0.4, -0.2) is 31.3 Å². The van der Waals surface area contributed by atoms with Gasteiger partial charge in [-0.15, -0.1) is 0 Å². The van der Waals surface area contributed by atoms with E-state index in [1.807, 2.05) is 25.2 Å². The van der Waals surface area contributed by atoms with Crippen molar-refractivity contribution in [2.24, 2.45) is 0 Å². The van der Waals surface area contributed by atoms with Gasteiger partial charge in [0.2, 0.25) is 0 Å². The third-order valence-electron chi connectivity index (χ3n) is 3.66. The molecule has 110 valence electrons. The van der Waals surface area contributed by atoms with E-state index in [0.717, 1.165) is 18.5 Å². The van der Waals surface area contributed by atoms with E-state index in [1.165, 1.54) is 31.2 Å². The van der Waals surface area contributed by atoms with E-state index in [-0.39, 0.29) is 5.57 Å². The van der Waals surface area contributed by atoms with Gasteiger partial charge in [0, 0.05) is 33.1 Å². The van der Waals surface area contributed by atoms with Gasteiger partial charge in [0.1, 0.15) is 5.57 Å². The summed E-state index contributed by atoms with van der Waals surface area (Å²) in [5.74, 6) is -2.49. The van der Waals surface area contributed by atoms with E-state index in [2.05, 4.69) is 4.90 Å². The maximum Gasteiger partial charge on any atom is 0.348 e. The maximum absolute atomic E-state index is 11.9. The molecular formula is C16H17NO4. The lowest BCUT2D eigenvalue weighted by Gasteiger charge is -2.29. The first kappa shape index (κ1) is 13.7. The number of fused-ring (bicyclic) bond motifs is 1. The van der Waals surface area contributed by atoms with Crippen molar-refractivity contribution in [2.75, 3.05) is 18.5 Å². The van der Waals surface area contributed by atoms with Crippen LogP contribution in [0.15, 0.2) is 23.8 Å². The first-order valence-corrected chi connectivity index (χ1v) is 6.88. The largest absolute Gasteiger partial charge is 0.419 e. The van der Waals surface area contributed by atoms with Crippen LogP contribution in [0.25, 0.3) is 6.08 Å². The maximum atomic E-state index is 11.9. The highest BCUT2D eigenvalue weighted by Crippen LogP contribution is 2.29. The Labute approximate surface area is 123 Å². The molecule has 0 radical (unpaired) electrons. The van der Waals surface area contributed by atoms with Gasteiger partial charge in [0.05, 0.1) is 0 Å². The van der Waals surface area contributed by atoms with Crippen molar-refractivity contribution in [1.82, 2.24) is 0 Å². The van der Waals surface area contributed by atoms with Gasteiger partial charge in [-0.2, -0.15) is 0 Å². The van der Waals surface area contributed by atoms with Crippen LogP contribution in [0.1, 0.15) is 25.0 Å². The van der Waals surface area contributed by atoms with E-state index in [1.54, 1.807) is 0 Å². The molecule has 1 saturated heterocycles. The Hall–Kier alpha value is -2.30. The van der Waals surface area contributed by atoms with E-state index in [0.29, 0.717) is 0 Å². The second-order valence-corrected chi connectivity index (χ2v) is 5.80. The molecule has 0 amide bonds. The van der Waals surface area contributed by atoms with Crippen molar-refractivity contribution in [2.45, 2.75) is 26.1 Å². The van der Waals surface area contributed by atoms with Crippen molar-refractivity contribution < 1.29 is 19.1 Å². The Bertz CT molecular complexity index is 638. The van der Waals surface area contributed by atoms with E-state index >= 15 is 0 Å². The molecule has 0 aromatic heterocycles. The Morgan fingerprint density at radius 2 is 1.86 bits per heavy atom. The molecule has 2 heterocycles. The number of ether oxygens (including phenoxy) is 2. The average molecular weight is 287 g/mol. The molecule has 2 aliphatic rings. The van der Waals surface area contributed by atoms with Gasteiger partial charge < -0.3 is 14.4 Å². The van der Waals surface area contributed by atoms with Crippen LogP contribution in [-0.2, 0) is 25.5 Å². The molecule has 5 nitrogen and oxygen atoms in total. The van der Waals surface area contributed by atoms with Gasteiger partial charge in [-0.25, -0.2) is 9.59 Å². The summed E-state index contributed by atoms with van der Waals surface area (Å²) < 4.78 is 10.2. The van der Waals surface area contributed by atoms with Gasteiger partial charge in [0.15, 0.2) is 0 Å². The summed E-state index contributed by atoms with van der Waals surface area (Å²) in [6, 6.07) is 5.87. The summed E-state index contributed by atoms with van der Waals surface area (Å²) in [5.41, 5.74) is 3.13. The molecule has 1 fully saturated rings. The van der Waals surface area contributed by atoms with Gasteiger partial charge in [-0.3, -0.25) is 0 Å². The minimum absolute atomic E-state index is 0.0689. The molecule has 0 atom stereocenters. The average Bonchev–Trinajstić information content (AvgIpc) is 2.74. The summed E-state index contributed by atoms with van der Waals surface area (Å²) in [6.07, 6.45) is 2.49. The lowest BCUT2D eigenvalue weighted by atomic mass is 10.1. The van der Waals surface area contributed by atoms with Crippen molar-refractivity contribution in [1.29, 1.82) is 0 Å². The lowest BCUT2D eigenvalue weighted by Crippen LogP contribution is -2.41.